The average Bonchev–Trinajstić information content (AvgIpc) is 2.54. The molecule has 0 saturated carbocycles. The maximum absolute atomic E-state index is 5.24. The first-order valence-corrected chi connectivity index (χ1v) is 7.58. The van der Waals surface area contributed by atoms with Crippen LogP contribution in [0.25, 0.3) is 0 Å². The summed E-state index contributed by atoms with van der Waals surface area (Å²) in [5, 5.41) is 7.83. The molecule has 114 valence electrons. The third-order valence-electron chi connectivity index (χ3n) is 3.24. The van der Waals surface area contributed by atoms with Gasteiger partial charge < -0.3 is 5.32 Å². The molecule has 0 atom stereocenters. The van der Waals surface area contributed by atoms with E-state index in [0.717, 1.165) is 17.0 Å². The molecule has 0 aliphatic rings. The Morgan fingerprint density at radius 1 is 1.18 bits per heavy atom. The van der Waals surface area contributed by atoms with E-state index in [0.29, 0.717) is 11.0 Å². The number of nitrogens with zero attached hydrogens (tertiary/aromatic N) is 2. The summed E-state index contributed by atoms with van der Waals surface area (Å²) >= 11 is 5.24. The first-order valence-electron chi connectivity index (χ1n) is 7.18. The third kappa shape index (κ3) is 4.63. The number of hydrogen-bond acceptors (Lipinski definition) is 3. The molecular weight excluding hydrogens is 292 g/mol. The Labute approximate surface area is 136 Å². The van der Waals surface area contributed by atoms with Crippen LogP contribution < -0.4 is 10.7 Å². The lowest BCUT2D eigenvalue weighted by Crippen LogP contribution is -2.25. The van der Waals surface area contributed by atoms with Gasteiger partial charge in [-0.3, -0.25) is 10.4 Å². The molecule has 1 heterocycles. The quantitative estimate of drug-likeness (QED) is 0.510. The number of benzene rings is 1. The van der Waals surface area contributed by atoms with Gasteiger partial charge in [0.05, 0.1) is 5.71 Å². The van der Waals surface area contributed by atoms with Crippen molar-refractivity contribution >= 4 is 28.7 Å². The highest BCUT2D eigenvalue weighted by atomic mass is 32.1. The summed E-state index contributed by atoms with van der Waals surface area (Å²) in [6.07, 6.45) is 3.50. The van der Waals surface area contributed by atoms with Gasteiger partial charge in [-0.2, -0.15) is 5.10 Å². The van der Waals surface area contributed by atoms with E-state index >= 15 is 0 Å². The van der Waals surface area contributed by atoms with Gasteiger partial charge in [0.25, 0.3) is 0 Å². The molecule has 0 aliphatic carbocycles. The maximum atomic E-state index is 5.24. The lowest BCUT2D eigenvalue weighted by Gasteiger charge is -2.10. The zero-order valence-electron chi connectivity index (χ0n) is 13.0. The number of aromatic nitrogens is 1. The van der Waals surface area contributed by atoms with Crippen LogP contribution in [-0.2, 0) is 0 Å². The monoisotopic (exact) mass is 312 g/mol. The average molecular weight is 312 g/mol. The molecule has 0 saturated heterocycles. The van der Waals surface area contributed by atoms with Gasteiger partial charge in [0.1, 0.15) is 0 Å². The summed E-state index contributed by atoms with van der Waals surface area (Å²) in [7, 11) is 0. The normalized spacial score (nSPS) is 11.4. The summed E-state index contributed by atoms with van der Waals surface area (Å²) in [6, 6.07) is 12.1. The molecule has 2 aromatic rings. The molecule has 0 amide bonds. The number of rotatable bonds is 4. The molecule has 0 fully saturated rings. The molecule has 5 heteroatoms. The standard InChI is InChI=1S/C17H20N4S/c1-12(2)14-6-8-16(9-7-14)19-17(22)21-20-13(3)15-5-4-10-18-11-15/h4-12H,1-3H3,(H2,19,21,22)/b20-13+. The fourth-order valence-corrected chi connectivity index (χ4v) is 2.05. The largest absolute Gasteiger partial charge is 0.331 e. The molecule has 0 bridgehead atoms. The van der Waals surface area contributed by atoms with Crippen LogP contribution >= 0.6 is 12.2 Å². The topological polar surface area (TPSA) is 49.3 Å². The number of thiocarbonyl (C=S) groups is 1. The van der Waals surface area contributed by atoms with Crippen LogP contribution in [-0.4, -0.2) is 15.8 Å². The van der Waals surface area contributed by atoms with E-state index in [9.17, 15) is 0 Å². The molecule has 1 aromatic heterocycles. The van der Waals surface area contributed by atoms with Gasteiger partial charge in [-0.15, -0.1) is 0 Å². The first-order chi connectivity index (χ1) is 10.6. The third-order valence-corrected chi connectivity index (χ3v) is 3.43. The highest BCUT2D eigenvalue weighted by Gasteiger charge is 2.01. The lowest BCUT2D eigenvalue weighted by atomic mass is 10.0. The van der Waals surface area contributed by atoms with Gasteiger partial charge in [0.15, 0.2) is 5.11 Å². The number of anilines is 1. The highest BCUT2D eigenvalue weighted by molar-refractivity contribution is 7.80. The molecular formula is C17H20N4S. The Morgan fingerprint density at radius 2 is 1.91 bits per heavy atom. The van der Waals surface area contributed by atoms with Crippen molar-refractivity contribution in [1.82, 2.24) is 10.4 Å². The molecule has 22 heavy (non-hydrogen) atoms. The van der Waals surface area contributed by atoms with Crippen LogP contribution in [0.5, 0.6) is 0 Å². The van der Waals surface area contributed by atoms with Crippen LogP contribution in [0.3, 0.4) is 0 Å². The van der Waals surface area contributed by atoms with Crippen molar-refractivity contribution in [3.63, 3.8) is 0 Å². The van der Waals surface area contributed by atoms with E-state index in [1.165, 1.54) is 5.56 Å². The molecule has 0 radical (unpaired) electrons. The van der Waals surface area contributed by atoms with Gasteiger partial charge in [-0.1, -0.05) is 32.0 Å². The van der Waals surface area contributed by atoms with E-state index in [1.807, 2.05) is 31.2 Å². The van der Waals surface area contributed by atoms with Crippen molar-refractivity contribution in [2.24, 2.45) is 5.10 Å². The van der Waals surface area contributed by atoms with Crippen molar-refractivity contribution in [2.45, 2.75) is 26.7 Å². The Hall–Kier alpha value is -2.27. The zero-order chi connectivity index (χ0) is 15.9. The van der Waals surface area contributed by atoms with E-state index in [-0.39, 0.29) is 0 Å². The Kier molecular flexibility index (Phi) is 5.61. The van der Waals surface area contributed by atoms with E-state index < -0.39 is 0 Å². The van der Waals surface area contributed by atoms with Crippen LogP contribution in [0.2, 0.25) is 0 Å². The summed E-state index contributed by atoms with van der Waals surface area (Å²) in [5.41, 5.74) is 6.87. The van der Waals surface area contributed by atoms with Crippen LogP contribution in [0, 0.1) is 0 Å². The van der Waals surface area contributed by atoms with Crippen molar-refractivity contribution in [1.29, 1.82) is 0 Å². The fraction of sp³-hybridized carbons (Fsp3) is 0.235. The molecule has 4 nitrogen and oxygen atoms in total. The maximum Gasteiger partial charge on any atom is 0.191 e. The van der Waals surface area contributed by atoms with E-state index in [4.69, 9.17) is 12.2 Å². The molecule has 1 aromatic carbocycles. The number of hydrogen-bond donors (Lipinski definition) is 2. The van der Waals surface area contributed by atoms with Crippen molar-refractivity contribution < 1.29 is 0 Å². The Morgan fingerprint density at radius 3 is 2.50 bits per heavy atom. The van der Waals surface area contributed by atoms with Crippen molar-refractivity contribution in [2.75, 3.05) is 5.32 Å². The highest BCUT2D eigenvalue weighted by Crippen LogP contribution is 2.16. The van der Waals surface area contributed by atoms with Crippen molar-refractivity contribution in [3.8, 4) is 0 Å². The predicted molar refractivity (Wildman–Crippen MR) is 96.3 cm³/mol. The van der Waals surface area contributed by atoms with Gasteiger partial charge in [-0.25, -0.2) is 0 Å². The smallest absolute Gasteiger partial charge is 0.191 e. The minimum atomic E-state index is 0.459. The van der Waals surface area contributed by atoms with Crippen LogP contribution in [0.4, 0.5) is 5.69 Å². The lowest BCUT2D eigenvalue weighted by molar-refractivity contribution is 0.867. The second kappa shape index (κ2) is 7.66. The van der Waals surface area contributed by atoms with E-state index in [1.54, 1.807) is 12.4 Å². The molecule has 0 unspecified atom stereocenters. The second-order valence-corrected chi connectivity index (χ2v) is 5.69. The summed E-state index contributed by atoms with van der Waals surface area (Å²) in [5.74, 6) is 0.519. The van der Waals surface area contributed by atoms with E-state index in [2.05, 4.69) is 46.8 Å². The van der Waals surface area contributed by atoms with Gasteiger partial charge in [0, 0.05) is 23.6 Å². The molecule has 0 spiro atoms. The zero-order valence-corrected chi connectivity index (χ0v) is 13.8. The molecule has 2 rings (SSSR count). The minimum absolute atomic E-state index is 0.459. The van der Waals surface area contributed by atoms with Gasteiger partial charge in [0.2, 0.25) is 0 Å². The minimum Gasteiger partial charge on any atom is -0.331 e. The first kappa shape index (κ1) is 16.1. The van der Waals surface area contributed by atoms with Crippen LogP contribution in [0.15, 0.2) is 53.9 Å². The van der Waals surface area contributed by atoms with Crippen molar-refractivity contribution in [3.05, 3.63) is 59.9 Å². The summed E-state index contributed by atoms with van der Waals surface area (Å²) in [4.78, 5) is 4.07. The van der Waals surface area contributed by atoms with Crippen LogP contribution in [0.1, 0.15) is 37.8 Å². The summed E-state index contributed by atoms with van der Waals surface area (Å²) < 4.78 is 0. The molecule has 0 aliphatic heterocycles. The Bertz CT molecular complexity index is 648. The Balaban J connectivity index is 1.93. The number of hydrazone groups is 1. The molecule has 2 N–H and O–H groups in total. The van der Waals surface area contributed by atoms with Gasteiger partial charge >= 0.3 is 0 Å². The predicted octanol–water partition coefficient (Wildman–Crippen LogP) is 3.92. The van der Waals surface area contributed by atoms with Gasteiger partial charge in [-0.05, 0) is 48.8 Å². The fourth-order valence-electron chi connectivity index (χ4n) is 1.89. The number of nitrogens with one attached hydrogen (secondary N) is 2. The second-order valence-electron chi connectivity index (χ2n) is 5.28. The number of pyridine rings is 1. The summed E-state index contributed by atoms with van der Waals surface area (Å²) in [6.45, 7) is 6.25. The SMILES string of the molecule is C/C(=N\NC(=S)Nc1ccc(C(C)C)cc1)c1cccnc1.